The Bertz CT molecular complexity index is 1160. The largest absolute Gasteiger partial charge is 0.347 e. The number of nitrogens with zero attached hydrogens (tertiary/aromatic N) is 3. The molecular formula is C25H27N5O2. The number of aromatic nitrogens is 2. The molecule has 2 N–H and O–H groups in total. The lowest BCUT2D eigenvalue weighted by molar-refractivity contribution is -0.111. The molecule has 1 unspecified atom stereocenters. The number of likely N-dealkylation sites (tertiary alicyclic amines) is 1. The average Bonchev–Trinajstić information content (AvgIpc) is 3.02. The van der Waals surface area contributed by atoms with Crippen molar-refractivity contribution < 1.29 is 9.59 Å². The molecule has 3 aromatic rings. The Balaban J connectivity index is 1.59. The normalized spacial score (nSPS) is 16.8. The highest BCUT2D eigenvalue weighted by Gasteiger charge is 2.19. The number of pyridine rings is 2. The van der Waals surface area contributed by atoms with Crippen LogP contribution in [0.1, 0.15) is 29.8 Å². The zero-order valence-corrected chi connectivity index (χ0v) is 18.2. The molecule has 0 saturated carbocycles. The first-order valence-electron chi connectivity index (χ1n) is 10.8. The maximum atomic E-state index is 12.9. The summed E-state index contributed by atoms with van der Waals surface area (Å²) in [5.41, 5.74) is 3.31. The number of likely N-dealkylation sites (N-methyl/N-ethyl adjacent to an activating group) is 1. The van der Waals surface area contributed by atoms with E-state index in [4.69, 9.17) is 0 Å². The molecular weight excluding hydrogens is 402 g/mol. The minimum Gasteiger partial charge on any atom is -0.347 e. The van der Waals surface area contributed by atoms with E-state index < -0.39 is 0 Å². The minimum absolute atomic E-state index is 0.128. The van der Waals surface area contributed by atoms with Crippen molar-refractivity contribution in [3.8, 4) is 11.3 Å². The molecule has 0 bridgehead atoms. The average molecular weight is 430 g/mol. The third kappa shape index (κ3) is 5.00. The first kappa shape index (κ1) is 21.6. The second-order valence-electron chi connectivity index (χ2n) is 8.12. The van der Waals surface area contributed by atoms with Gasteiger partial charge in [0, 0.05) is 29.7 Å². The van der Waals surface area contributed by atoms with E-state index in [0.717, 1.165) is 48.8 Å². The van der Waals surface area contributed by atoms with Crippen LogP contribution in [-0.2, 0) is 4.79 Å². The number of fused-ring (bicyclic) bond motifs is 1. The third-order valence-electron chi connectivity index (χ3n) is 5.67. The maximum Gasteiger partial charge on any atom is 0.270 e. The van der Waals surface area contributed by atoms with Gasteiger partial charge in [-0.05, 0) is 62.8 Å². The van der Waals surface area contributed by atoms with E-state index in [-0.39, 0.29) is 17.9 Å². The summed E-state index contributed by atoms with van der Waals surface area (Å²) in [6.07, 6.45) is 6.12. The summed E-state index contributed by atoms with van der Waals surface area (Å²) in [6, 6.07) is 13.0. The number of rotatable bonds is 5. The van der Waals surface area contributed by atoms with Gasteiger partial charge in [-0.1, -0.05) is 25.1 Å². The van der Waals surface area contributed by atoms with E-state index in [9.17, 15) is 9.59 Å². The number of nitrogens with one attached hydrogen (secondary N) is 2. The van der Waals surface area contributed by atoms with Crippen LogP contribution in [0, 0.1) is 0 Å². The number of amides is 2. The molecule has 1 aliphatic rings. The molecule has 1 aliphatic heterocycles. The lowest BCUT2D eigenvalue weighted by atomic mass is 10.1. The van der Waals surface area contributed by atoms with E-state index in [2.05, 4.69) is 39.1 Å². The van der Waals surface area contributed by atoms with Gasteiger partial charge >= 0.3 is 0 Å². The Hall–Kier alpha value is -3.58. The lowest BCUT2D eigenvalue weighted by Gasteiger charge is -2.21. The molecule has 7 heteroatoms. The number of carbonyl (C=O) groups is 2. The van der Waals surface area contributed by atoms with Crippen LogP contribution in [0.3, 0.4) is 0 Å². The summed E-state index contributed by atoms with van der Waals surface area (Å²) in [5, 5.41) is 6.74. The van der Waals surface area contributed by atoms with Crippen molar-refractivity contribution in [2.75, 3.05) is 25.5 Å². The highest BCUT2D eigenvalue weighted by atomic mass is 16.2. The van der Waals surface area contributed by atoms with Crippen LogP contribution in [0.5, 0.6) is 0 Å². The second-order valence-corrected chi connectivity index (χ2v) is 8.12. The highest BCUT2D eigenvalue weighted by molar-refractivity contribution is 6.05. The molecule has 1 atom stereocenters. The Morgan fingerprint density at radius 3 is 2.91 bits per heavy atom. The van der Waals surface area contributed by atoms with E-state index in [0.29, 0.717) is 17.1 Å². The van der Waals surface area contributed by atoms with Gasteiger partial charge in [-0.2, -0.15) is 0 Å². The van der Waals surface area contributed by atoms with Crippen molar-refractivity contribution in [1.82, 2.24) is 20.2 Å². The Labute approximate surface area is 187 Å². The highest BCUT2D eigenvalue weighted by Crippen LogP contribution is 2.27. The van der Waals surface area contributed by atoms with Crippen LogP contribution >= 0.6 is 0 Å². The Morgan fingerprint density at radius 1 is 1.19 bits per heavy atom. The molecule has 7 nitrogen and oxygen atoms in total. The second kappa shape index (κ2) is 9.70. The van der Waals surface area contributed by atoms with Crippen LogP contribution < -0.4 is 10.6 Å². The van der Waals surface area contributed by atoms with Crippen molar-refractivity contribution in [3.05, 3.63) is 67.0 Å². The SMILES string of the molecule is C=CC(=O)Nc1ccnc2ccc(-c3cccc(C(=O)NC4CCCCN(C)C4)n3)cc12. The van der Waals surface area contributed by atoms with Crippen molar-refractivity contribution in [1.29, 1.82) is 0 Å². The van der Waals surface area contributed by atoms with Crippen LogP contribution in [0.4, 0.5) is 5.69 Å². The summed E-state index contributed by atoms with van der Waals surface area (Å²) < 4.78 is 0. The van der Waals surface area contributed by atoms with Gasteiger partial charge in [0.1, 0.15) is 5.69 Å². The molecule has 2 aromatic heterocycles. The molecule has 0 aliphatic carbocycles. The lowest BCUT2D eigenvalue weighted by Crippen LogP contribution is -2.41. The molecule has 1 saturated heterocycles. The van der Waals surface area contributed by atoms with Crippen LogP contribution in [0.2, 0.25) is 0 Å². The van der Waals surface area contributed by atoms with Gasteiger partial charge in [-0.15, -0.1) is 0 Å². The van der Waals surface area contributed by atoms with Crippen molar-refractivity contribution in [3.63, 3.8) is 0 Å². The molecule has 3 heterocycles. The maximum absolute atomic E-state index is 12.9. The molecule has 1 fully saturated rings. The molecule has 32 heavy (non-hydrogen) atoms. The van der Waals surface area contributed by atoms with Gasteiger partial charge in [0.05, 0.1) is 16.9 Å². The fourth-order valence-corrected chi connectivity index (χ4v) is 4.03. The first-order chi connectivity index (χ1) is 15.5. The summed E-state index contributed by atoms with van der Waals surface area (Å²) in [4.78, 5) is 35.9. The van der Waals surface area contributed by atoms with E-state index in [1.54, 1.807) is 18.3 Å². The summed E-state index contributed by atoms with van der Waals surface area (Å²) in [7, 11) is 2.09. The molecule has 2 amide bonds. The molecule has 0 spiro atoms. The summed E-state index contributed by atoms with van der Waals surface area (Å²) in [5.74, 6) is -0.447. The van der Waals surface area contributed by atoms with Gasteiger partial charge in [-0.25, -0.2) is 4.98 Å². The topological polar surface area (TPSA) is 87.2 Å². The Kier molecular flexibility index (Phi) is 6.56. The number of anilines is 1. The van der Waals surface area contributed by atoms with Crippen LogP contribution in [0.15, 0.2) is 61.3 Å². The van der Waals surface area contributed by atoms with Crippen molar-refractivity contribution in [2.24, 2.45) is 0 Å². The van der Waals surface area contributed by atoms with E-state index in [1.807, 2.05) is 30.3 Å². The third-order valence-corrected chi connectivity index (χ3v) is 5.67. The predicted molar refractivity (Wildman–Crippen MR) is 126 cm³/mol. The fourth-order valence-electron chi connectivity index (χ4n) is 4.03. The molecule has 1 aromatic carbocycles. The standard InChI is InChI=1S/C25H27N5O2/c1-3-24(31)29-22-12-13-26-21-11-10-17(15-19(21)22)20-8-6-9-23(28-20)25(32)27-18-7-4-5-14-30(2)16-18/h3,6,8-13,15,18H,1,4-5,7,14,16H2,2H3,(H,27,32)(H,26,29,31). The molecule has 4 rings (SSSR count). The quantitative estimate of drug-likeness (QED) is 0.605. The van der Waals surface area contributed by atoms with Gasteiger partial charge in [0.15, 0.2) is 0 Å². The number of benzene rings is 1. The summed E-state index contributed by atoms with van der Waals surface area (Å²) in [6.45, 7) is 5.41. The van der Waals surface area contributed by atoms with Crippen LogP contribution in [-0.4, -0.2) is 52.9 Å². The monoisotopic (exact) mass is 429 g/mol. The zero-order valence-electron chi connectivity index (χ0n) is 18.2. The van der Waals surface area contributed by atoms with Gasteiger partial charge < -0.3 is 15.5 Å². The number of hydrogen-bond acceptors (Lipinski definition) is 5. The first-order valence-corrected chi connectivity index (χ1v) is 10.8. The van der Waals surface area contributed by atoms with Gasteiger partial charge in [-0.3, -0.25) is 14.6 Å². The predicted octanol–water partition coefficient (Wildman–Crippen LogP) is 3.64. The molecule has 164 valence electrons. The van der Waals surface area contributed by atoms with Crippen molar-refractivity contribution >= 4 is 28.4 Å². The Morgan fingerprint density at radius 2 is 2.06 bits per heavy atom. The van der Waals surface area contributed by atoms with E-state index in [1.165, 1.54) is 6.08 Å². The van der Waals surface area contributed by atoms with Crippen LogP contribution in [0.25, 0.3) is 22.2 Å². The van der Waals surface area contributed by atoms with Gasteiger partial charge in [0.2, 0.25) is 5.91 Å². The summed E-state index contributed by atoms with van der Waals surface area (Å²) >= 11 is 0. The smallest absolute Gasteiger partial charge is 0.270 e. The molecule has 0 radical (unpaired) electrons. The van der Waals surface area contributed by atoms with Crippen molar-refractivity contribution in [2.45, 2.75) is 25.3 Å². The van der Waals surface area contributed by atoms with E-state index >= 15 is 0 Å². The number of carbonyl (C=O) groups excluding carboxylic acids is 2. The number of hydrogen-bond donors (Lipinski definition) is 2. The van der Waals surface area contributed by atoms with Gasteiger partial charge in [0.25, 0.3) is 5.91 Å². The zero-order chi connectivity index (χ0) is 22.5. The minimum atomic E-state index is -0.288. The fraction of sp³-hybridized carbons (Fsp3) is 0.280.